The van der Waals surface area contributed by atoms with Crippen molar-refractivity contribution in [2.24, 2.45) is 0 Å². The molecule has 0 saturated heterocycles. The molecule has 2 atom stereocenters. The molecule has 0 heterocycles. The number of benzene rings is 1. The summed E-state index contributed by atoms with van der Waals surface area (Å²) in [5, 5.41) is 3.29. The maximum Gasteiger partial charge on any atom is 0.0140 e. The average Bonchev–Trinajstić information content (AvgIpc) is 3.01. The lowest BCUT2D eigenvalue weighted by molar-refractivity contribution is 0.783. The zero-order chi connectivity index (χ0) is 9.68. The fourth-order valence-electron chi connectivity index (χ4n) is 1.58. The molecule has 1 saturated carbocycles. The van der Waals surface area contributed by atoms with E-state index in [1.807, 2.05) is 7.05 Å². The number of nitrogens with one attached hydrogen (secondary N) is 1. The Bertz CT molecular complexity index is 235. The van der Waals surface area contributed by atoms with Gasteiger partial charge in [0.05, 0.1) is 0 Å². The summed E-state index contributed by atoms with van der Waals surface area (Å²) in [6, 6.07) is 11.4. The van der Waals surface area contributed by atoms with Gasteiger partial charge in [-0.3, -0.25) is 0 Å². The van der Waals surface area contributed by atoms with E-state index in [1.54, 1.807) is 6.26 Å². The van der Waals surface area contributed by atoms with Crippen LogP contribution in [0.3, 0.4) is 0 Å². The van der Waals surface area contributed by atoms with Crippen molar-refractivity contribution in [3.63, 3.8) is 0 Å². The van der Waals surface area contributed by atoms with E-state index < -0.39 is 0 Å². The highest BCUT2D eigenvalue weighted by Crippen LogP contribution is 2.39. The second-order valence-corrected chi connectivity index (χ2v) is 3.15. The summed E-state index contributed by atoms with van der Waals surface area (Å²) in [4.78, 5) is 0. The first-order valence-electron chi connectivity index (χ1n) is 4.59. The summed E-state index contributed by atoms with van der Waals surface area (Å²) in [5.41, 5.74) is 1.48. The Morgan fingerprint density at radius 3 is 2.31 bits per heavy atom. The third-order valence-corrected chi connectivity index (χ3v) is 2.39. The highest BCUT2D eigenvalue weighted by Gasteiger charge is 2.36. The van der Waals surface area contributed by atoms with E-state index >= 15 is 0 Å². The fraction of sp³-hybridized carbons (Fsp3) is 0.455. The second kappa shape index (κ2) is 5.30. The number of hydrogen-bond donors (Lipinski definition) is 2. The summed E-state index contributed by atoms with van der Waals surface area (Å²) in [7, 11) is 2.04. The van der Waals surface area contributed by atoms with Crippen LogP contribution in [-0.4, -0.2) is 19.3 Å². The van der Waals surface area contributed by atoms with Gasteiger partial charge in [0.1, 0.15) is 0 Å². The number of likely N-dealkylation sites (N-methyl/N-ethyl adjacent to an activating group) is 1. The Morgan fingerprint density at radius 1 is 1.23 bits per heavy atom. The smallest absolute Gasteiger partial charge is 0.0140 e. The van der Waals surface area contributed by atoms with Crippen LogP contribution in [0, 0.1) is 0 Å². The maximum atomic E-state index is 3.53. The average molecular weight is 195 g/mol. The minimum atomic E-state index is 0.734. The second-order valence-electron chi connectivity index (χ2n) is 3.15. The Morgan fingerprint density at radius 2 is 1.85 bits per heavy atom. The molecule has 0 radical (unpaired) electrons. The van der Waals surface area contributed by atoms with Gasteiger partial charge < -0.3 is 5.32 Å². The van der Waals surface area contributed by atoms with E-state index in [1.165, 1.54) is 12.0 Å². The Kier molecular flexibility index (Phi) is 4.33. The van der Waals surface area contributed by atoms with Gasteiger partial charge >= 0.3 is 0 Å². The standard InChI is InChI=1S/C10H13N.CH4S/c1-11-10-7-9(10)8-5-3-2-4-6-8;1-2/h2-6,9-11H,7H2,1H3;2H,1H3. The topological polar surface area (TPSA) is 12.0 Å². The molecule has 2 rings (SSSR count). The van der Waals surface area contributed by atoms with Crippen LogP contribution < -0.4 is 5.32 Å². The molecular weight excluding hydrogens is 178 g/mol. The highest BCUT2D eigenvalue weighted by atomic mass is 32.1. The predicted octanol–water partition coefficient (Wildman–Crippen LogP) is 2.31. The van der Waals surface area contributed by atoms with E-state index in [4.69, 9.17) is 0 Å². The number of thiol groups is 1. The predicted molar refractivity (Wildman–Crippen MR) is 61.6 cm³/mol. The van der Waals surface area contributed by atoms with Crippen LogP contribution in [0.25, 0.3) is 0 Å². The van der Waals surface area contributed by atoms with Gasteiger partial charge in [0.15, 0.2) is 0 Å². The largest absolute Gasteiger partial charge is 0.316 e. The minimum absolute atomic E-state index is 0.734. The first-order valence-corrected chi connectivity index (χ1v) is 5.48. The molecule has 1 N–H and O–H groups in total. The van der Waals surface area contributed by atoms with Gasteiger partial charge in [-0.15, -0.1) is 0 Å². The van der Waals surface area contributed by atoms with Crippen LogP contribution in [0.15, 0.2) is 30.3 Å². The summed E-state index contributed by atoms with van der Waals surface area (Å²) in [6.07, 6.45) is 3.00. The molecular formula is C11H17NS. The fourth-order valence-corrected chi connectivity index (χ4v) is 1.58. The molecule has 13 heavy (non-hydrogen) atoms. The molecule has 0 spiro atoms. The molecule has 72 valence electrons. The zero-order valence-electron chi connectivity index (χ0n) is 8.20. The van der Waals surface area contributed by atoms with Crippen molar-refractivity contribution < 1.29 is 0 Å². The van der Waals surface area contributed by atoms with Crippen molar-refractivity contribution >= 4 is 12.6 Å². The highest BCUT2D eigenvalue weighted by molar-refractivity contribution is 7.79. The molecule has 0 bridgehead atoms. The third-order valence-electron chi connectivity index (χ3n) is 2.39. The molecule has 0 aliphatic heterocycles. The van der Waals surface area contributed by atoms with Crippen molar-refractivity contribution in [1.82, 2.24) is 5.32 Å². The summed E-state index contributed by atoms with van der Waals surface area (Å²) >= 11 is 3.53. The van der Waals surface area contributed by atoms with Crippen molar-refractivity contribution in [3.8, 4) is 0 Å². The summed E-state index contributed by atoms with van der Waals surface area (Å²) in [5.74, 6) is 0.779. The maximum absolute atomic E-state index is 3.53. The normalized spacial score (nSPS) is 24.5. The van der Waals surface area contributed by atoms with E-state index in [-0.39, 0.29) is 0 Å². The van der Waals surface area contributed by atoms with Crippen LogP contribution in [0.4, 0.5) is 0 Å². The Balaban J connectivity index is 0.000000396. The van der Waals surface area contributed by atoms with E-state index in [0.717, 1.165) is 12.0 Å². The van der Waals surface area contributed by atoms with Gasteiger partial charge in [-0.2, -0.15) is 12.6 Å². The lowest BCUT2D eigenvalue weighted by atomic mass is 10.1. The minimum Gasteiger partial charge on any atom is -0.316 e. The van der Waals surface area contributed by atoms with Crippen LogP contribution in [0.2, 0.25) is 0 Å². The first kappa shape index (κ1) is 10.6. The van der Waals surface area contributed by atoms with Gasteiger partial charge in [0, 0.05) is 12.0 Å². The number of hydrogen-bond acceptors (Lipinski definition) is 2. The molecule has 2 heteroatoms. The molecule has 1 fully saturated rings. The van der Waals surface area contributed by atoms with Gasteiger partial charge in [-0.25, -0.2) is 0 Å². The van der Waals surface area contributed by atoms with E-state index in [9.17, 15) is 0 Å². The van der Waals surface area contributed by atoms with Crippen LogP contribution in [0.5, 0.6) is 0 Å². The molecule has 1 aliphatic carbocycles. The van der Waals surface area contributed by atoms with Gasteiger partial charge in [0.25, 0.3) is 0 Å². The Labute approximate surface area is 86.0 Å². The van der Waals surface area contributed by atoms with Gasteiger partial charge in [-0.1, -0.05) is 30.3 Å². The van der Waals surface area contributed by atoms with Crippen molar-refractivity contribution in [1.29, 1.82) is 0 Å². The van der Waals surface area contributed by atoms with Gasteiger partial charge in [-0.05, 0) is 25.3 Å². The molecule has 0 aromatic heterocycles. The molecule has 1 nitrogen and oxygen atoms in total. The summed E-state index contributed by atoms with van der Waals surface area (Å²) < 4.78 is 0. The first-order chi connectivity index (χ1) is 6.42. The molecule has 2 unspecified atom stereocenters. The molecule has 1 aromatic rings. The zero-order valence-corrected chi connectivity index (χ0v) is 9.09. The molecule has 1 aromatic carbocycles. The Hall–Kier alpha value is -0.470. The van der Waals surface area contributed by atoms with Crippen molar-refractivity contribution in [3.05, 3.63) is 35.9 Å². The summed E-state index contributed by atoms with van der Waals surface area (Å²) in [6.45, 7) is 0. The third kappa shape index (κ3) is 2.75. The lowest BCUT2D eigenvalue weighted by Gasteiger charge is -1.97. The molecule has 1 aliphatic rings. The van der Waals surface area contributed by atoms with Crippen molar-refractivity contribution in [2.75, 3.05) is 13.3 Å². The van der Waals surface area contributed by atoms with Crippen LogP contribution in [0.1, 0.15) is 17.9 Å². The molecule has 0 amide bonds. The van der Waals surface area contributed by atoms with Gasteiger partial charge in [0.2, 0.25) is 0 Å². The van der Waals surface area contributed by atoms with E-state index in [0.29, 0.717) is 0 Å². The SMILES string of the molecule is CNC1CC1c1ccccc1.CS. The van der Waals surface area contributed by atoms with E-state index in [2.05, 4.69) is 48.3 Å². The number of rotatable bonds is 2. The quantitative estimate of drug-likeness (QED) is 0.690. The van der Waals surface area contributed by atoms with Crippen molar-refractivity contribution in [2.45, 2.75) is 18.4 Å². The van der Waals surface area contributed by atoms with Crippen LogP contribution >= 0.6 is 12.6 Å². The monoisotopic (exact) mass is 195 g/mol. The van der Waals surface area contributed by atoms with Crippen LogP contribution in [-0.2, 0) is 0 Å². The lowest BCUT2D eigenvalue weighted by Crippen LogP contribution is -2.09.